The van der Waals surface area contributed by atoms with Crippen LogP contribution in [0.25, 0.3) is 17.4 Å². The van der Waals surface area contributed by atoms with E-state index in [9.17, 15) is 19.5 Å². The molecule has 1 N–H and O–H groups in total. The van der Waals surface area contributed by atoms with E-state index in [-0.39, 0.29) is 17.7 Å². The zero-order valence-corrected chi connectivity index (χ0v) is 23.5. The molecule has 0 radical (unpaired) electrons. The molecule has 0 bridgehead atoms. The molecule has 41 heavy (non-hydrogen) atoms. The van der Waals surface area contributed by atoms with Crippen molar-refractivity contribution in [3.05, 3.63) is 102 Å². The van der Waals surface area contributed by atoms with E-state index in [0.29, 0.717) is 49.2 Å². The molecule has 11 heteroatoms. The lowest BCUT2D eigenvalue weighted by Crippen LogP contribution is -2.40. The van der Waals surface area contributed by atoms with Crippen LogP contribution >= 0.6 is 11.3 Å². The summed E-state index contributed by atoms with van der Waals surface area (Å²) < 4.78 is 24.1. The van der Waals surface area contributed by atoms with Crippen molar-refractivity contribution in [2.75, 3.05) is 20.8 Å². The van der Waals surface area contributed by atoms with Crippen LogP contribution in [0.4, 0.5) is 0 Å². The maximum Gasteiger partial charge on any atom is 0.338 e. The van der Waals surface area contributed by atoms with Gasteiger partial charge in [-0.2, -0.15) is 0 Å². The topological polar surface area (TPSA) is 130 Å². The van der Waals surface area contributed by atoms with Crippen molar-refractivity contribution < 1.29 is 33.3 Å². The monoisotopic (exact) mass is 574 g/mol. The molecule has 0 saturated carbocycles. The minimum atomic E-state index is -1.08. The third-order valence-electron chi connectivity index (χ3n) is 6.57. The van der Waals surface area contributed by atoms with Crippen molar-refractivity contribution in [2.45, 2.75) is 19.9 Å². The lowest BCUT2D eigenvalue weighted by Gasteiger charge is -2.26. The number of aromatic nitrogens is 1. The molecule has 1 unspecified atom stereocenters. The number of allylic oxidation sites excluding steroid dienone is 1. The number of carboxylic acid groups (broad SMARTS) is 1. The number of rotatable bonds is 8. The molecular weight excluding hydrogens is 548 g/mol. The number of carbonyl (C=O) groups is 2. The number of esters is 1. The predicted molar refractivity (Wildman–Crippen MR) is 151 cm³/mol. The maximum absolute atomic E-state index is 13.9. The van der Waals surface area contributed by atoms with E-state index in [4.69, 9.17) is 18.6 Å². The summed E-state index contributed by atoms with van der Waals surface area (Å²) in [5.41, 5.74) is 1.27. The van der Waals surface area contributed by atoms with E-state index < -0.39 is 23.5 Å². The largest absolute Gasteiger partial charge is 0.497 e. The van der Waals surface area contributed by atoms with Crippen molar-refractivity contribution in [1.82, 2.24) is 4.57 Å². The number of furan rings is 1. The molecule has 3 heterocycles. The number of carbonyl (C=O) groups excluding carboxylic acids is 1. The molecule has 1 aliphatic heterocycles. The summed E-state index contributed by atoms with van der Waals surface area (Å²) in [5.74, 6) is 0.00207. The SMILES string of the molecule is CCOC(=O)C1=C(C)N=c2sc(=Cc3ccc(-c4ccccc4C(=O)O)o3)c(=O)n2C1c1cc(OC)ccc1OC. The Balaban J connectivity index is 1.69. The van der Waals surface area contributed by atoms with Gasteiger partial charge in [0.2, 0.25) is 0 Å². The van der Waals surface area contributed by atoms with E-state index in [1.165, 1.54) is 24.9 Å². The quantitative estimate of drug-likeness (QED) is 0.315. The summed E-state index contributed by atoms with van der Waals surface area (Å²) in [5, 5.41) is 9.55. The Morgan fingerprint density at radius 2 is 1.90 bits per heavy atom. The van der Waals surface area contributed by atoms with Gasteiger partial charge >= 0.3 is 11.9 Å². The van der Waals surface area contributed by atoms with E-state index >= 15 is 0 Å². The lowest BCUT2D eigenvalue weighted by atomic mass is 9.95. The van der Waals surface area contributed by atoms with Crippen LogP contribution in [0.15, 0.2) is 80.1 Å². The summed E-state index contributed by atoms with van der Waals surface area (Å²) >= 11 is 1.14. The van der Waals surface area contributed by atoms with Gasteiger partial charge in [0.1, 0.15) is 29.1 Å². The second-order valence-electron chi connectivity index (χ2n) is 8.96. The molecule has 1 atom stereocenters. The highest BCUT2D eigenvalue weighted by atomic mass is 32.1. The highest BCUT2D eigenvalue weighted by Gasteiger charge is 2.35. The number of carboxylic acids is 1. The molecule has 0 amide bonds. The van der Waals surface area contributed by atoms with Crippen LogP contribution in [-0.4, -0.2) is 42.4 Å². The van der Waals surface area contributed by atoms with Gasteiger partial charge in [-0.3, -0.25) is 9.36 Å². The molecule has 210 valence electrons. The number of benzene rings is 2. The normalized spacial score (nSPS) is 14.8. The number of hydrogen-bond acceptors (Lipinski definition) is 9. The molecule has 4 aromatic rings. The summed E-state index contributed by atoms with van der Waals surface area (Å²) in [6, 6.07) is 14.1. The van der Waals surface area contributed by atoms with E-state index in [2.05, 4.69) is 4.99 Å². The van der Waals surface area contributed by atoms with Gasteiger partial charge in [-0.1, -0.05) is 29.5 Å². The maximum atomic E-state index is 13.9. The zero-order valence-electron chi connectivity index (χ0n) is 22.7. The fourth-order valence-electron chi connectivity index (χ4n) is 4.73. The molecule has 2 aromatic carbocycles. The first-order valence-electron chi connectivity index (χ1n) is 12.6. The standard InChI is InChI=1S/C30H26N2O8S/c1-5-39-29(36)25-16(2)31-30-32(26(25)21-14-17(37-3)10-12-22(21)38-4)27(33)24(41-30)15-18-11-13-23(40-18)19-8-6-7-9-20(19)28(34)35/h6-15,26H,5H2,1-4H3,(H,34,35). The minimum Gasteiger partial charge on any atom is -0.497 e. The smallest absolute Gasteiger partial charge is 0.338 e. The number of hydrogen-bond donors (Lipinski definition) is 1. The van der Waals surface area contributed by atoms with Gasteiger partial charge in [0, 0.05) is 17.2 Å². The van der Waals surface area contributed by atoms with Crippen molar-refractivity contribution in [1.29, 1.82) is 0 Å². The first kappa shape index (κ1) is 27.7. The molecule has 0 aliphatic carbocycles. The molecule has 2 aromatic heterocycles. The number of methoxy groups -OCH3 is 2. The Bertz CT molecular complexity index is 1880. The van der Waals surface area contributed by atoms with Gasteiger partial charge in [-0.15, -0.1) is 0 Å². The van der Waals surface area contributed by atoms with Crippen molar-refractivity contribution >= 4 is 29.4 Å². The molecule has 0 fully saturated rings. The number of nitrogens with zero attached hydrogens (tertiary/aromatic N) is 2. The molecule has 10 nitrogen and oxygen atoms in total. The molecule has 0 saturated heterocycles. The first-order valence-corrected chi connectivity index (χ1v) is 13.4. The second kappa shape index (κ2) is 11.3. The number of ether oxygens (including phenoxy) is 3. The fourth-order valence-corrected chi connectivity index (χ4v) is 5.75. The molecule has 0 spiro atoms. The highest BCUT2D eigenvalue weighted by Crippen LogP contribution is 2.38. The summed E-state index contributed by atoms with van der Waals surface area (Å²) in [4.78, 5) is 43.7. The van der Waals surface area contributed by atoms with E-state index in [1.54, 1.807) is 68.5 Å². The highest BCUT2D eigenvalue weighted by molar-refractivity contribution is 7.07. The summed E-state index contributed by atoms with van der Waals surface area (Å²) in [6.45, 7) is 3.55. The average Bonchev–Trinajstić information content (AvgIpc) is 3.56. The Labute approximate surface area is 238 Å². The van der Waals surface area contributed by atoms with E-state index in [0.717, 1.165) is 11.3 Å². The van der Waals surface area contributed by atoms with Crippen molar-refractivity contribution in [3.8, 4) is 22.8 Å². The van der Waals surface area contributed by atoms with Crippen LogP contribution in [0, 0.1) is 0 Å². The predicted octanol–water partition coefficient (Wildman–Crippen LogP) is 3.77. The van der Waals surface area contributed by atoms with Gasteiger partial charge in [0.05, 0.1) is 42.2 Å². The van der Waals surface area contributed by atoms with Crippen LogP contribution in [0.2, 0.25) is 0 Å². The number of thiazole rings is 1. The van der Waals surface area contributed by atoms with Gasteiger partial charge < -0.3 is 23.7 Å². The van der Waals surface area contributed by atoms with Crippen LogP contribution < -0.4 is 24.4 Å². The lowest BCUT2D eigenvalue weighted by molar-refractivity contribution is -0.139. The Morgan fingerprint density at radius 3 is 2.61 bits per heavy atom. The molecule has 1 aliphatic rings. The molecule has 5 rings (SSSR count). The van der Waals surface area contributed by atoms with Crippen molar-refractivity contribution in [3.63, 3.8) is 0 Å². The fraction of sp³-hybridized carbons (Fsp3) is 0.200. The van der Waals surface area contributed by atoms with Crippen LogP contribution in [0.1, 0.15) is 41.6 Å². The zero-order chi connectivity index (χ0) is 29.3. The number of fused-ring (bicyclic) bond motifs is 1. The van der Waals surface area contributed by atoms with Gasteiger partial charge in [-0.25, -0.2) is 14.6 Å². The van der Waals surface area contributed by atoms with Crippen molar-refractivity contribution in [2.24, 2.45) is 4.99 Å². The van der Waals surface area contributed by atoms with Gasteiger partial charge in [-0.05, 0) is 50.2 Å². The van der Waals surface area contributed by atoms with E-state index in [1.807, 2.05) is 0 Å². The average molecular weight is 575 g/mol. The Hall–Kier alpha value is -4.90. The summed E-state index contributed by atoms with van der Waals surface area (Å²) in [6.07, 6.45) is 1.57. The molecular formula is C30H26N2O8S. The van der Waals surface area contributed by atoms with Gasteiger partial charge in [0.25, 0.3) is 5.56 Å². The number of aromatic carboxylic acids is 1. The Morgan fingerprint density at radius 1 is 1.12 bits per heavy atom. The first-order chi connectivity index (χ1) is 19.8. The minimum absolute atomic E-state index is 0.0991. The third kappa shape index (κ3) is 5.07. The van der Waals surface area contributed by atoms with Crippen LogP contribution in [-0.2, 0) is 9.53 Å². The third-order valence-corrected chi connectivity index (χ3v) is 7.55. The van der Waals surface area contributed by atoms with Crippen LogP contribution in [0.5, 0.6) is 11.5 Å². The second-order valence-corrected chi connectivity index (χ2v) is 9.97. The summed E-state index contributed by atoms with van der Waals surface area (Å²) in [7, 11) is 3.03. The van der Waals surface area contributed by atoms with Crippen LogP contribution in [0.3, 0.4) is 0 Å². The van der Waals surface area contributed by atoms with Gasteiger partial charge in [0.15, 0.2) is 4.80 Å². The Kier molecular flexibility index (Phi) is 7.62.